The van der Waals surface area contributed by atoms with E-state index in [9.17, 15) is 0 Å². The highest BCUT2D eigenvalue weighted by Gasteiger charge is 2.73. The number of rotatable bonds is 4. The average Bonchev–Trinajstić information content (AvgIpc) is 3.50. The molecule has 1 saturated heterocycles. The highest BCUT2D eigenvalue weighted by atomic mass is 16.5. The Balaban J connectivity index is 1.13. The first-order chi connectivity index (χ1) is 21.2. The number of ether oxygens (including phenoxy) is 2. The number of aryl methyl sites for hydroxylation is 3. The van der Waals surface area contributed by atoms with Crippen molar-refractivity contribution in [1.82, 2.24) is 9.90 Å². The molecular weight excluding hydrogens is 554 g/mol. The Hall–Kier alpha value is -1.88. The molecule has 0 N–H and O–H groups in total. The van der Waals surface area contributed by atoms with Crippen molar-refractivity contribution in [3.8, 4) is 5.75 Å². The summed E-state index contributed by atoms with van der Waals surface area (Å²) in [5.41, 5.74) is 6.21. The van der Waals surface area contributed by atoms with Gasteiger partial charge in [-0.25, -0.2) is 0 Å². The van der Waals surface area contributed by atoms with Crippen molar-refractivity contribution in [1.29, 1.82) is 0 Å². The number of fused-ring (bicyclic) bond motifs is 6. The van der Waals surface area contributed by atoms with Gasteiger partial charge >= 0.3 is 0 Å². The Morgan fingerprint density at radius 3 is 2.49 bits per heavy atom. The van der Waals surface area contributed by atoms with Crippen LogP contribution in [-0.4, -0.2) is 29.7 Å². The lowest BCUT2D eigenvalue weighted by molar-refractivity contribution is -0.764. The van der Waals surface area contributed by atoms with Gasteiger partial charge in [-0.05, 0) is 120 Å². The molecule has 5 nitrogen and oxygen atoms in total. The lowest BCUT2D eigenvalue weighted by Gasteiger charge is -2.72. The Kier molecular flexibility index (Phi) is 6.50. The highest BCUT2D eigenvalue weighted by Crippen LogP contribution is 2.77. The first kappa shape index (κ1) is 30.5. The lowest BCUT2D eigenvalue weighted by atomic mass is 9.31. The van der Waals surface area contributed by atoms with Gasteiger partial charge < -0.3 is 9.47 Å². The predicted molar refractivity (Wildman–Crippen MR) is 178 cm³/mol. The molecule has 1 aromatic heterocycles. The molecule has 2 bridgehead atoms. The van der Waals surface area contributed by atoms with Crippen molar-refractivity contribution in [2.75, 3.05) is 13.7 Å². The summed E-state index contributed by atoms with van der Waals surface area (Å²) in [7, 11) is 3.96. The fourth-order valence-corrected chi connectivity index (χ4v) is 14.0. The van der Waals surface area contributed by atoms with Crippen molar-refractivity contribution in [2.24, 2.45) is 57.8 Å². The molecule has 5 heteroatoms. The number of aromatic nitrogens is 3. The summed E-state index contributed by atoms with van der Waals surface area (Å²) < 4.78 is 17.0. The van der Waals surface area contributed by atoms with Crippen molar-refractivity contribution < 1.29 is 14.2 Å². The van der Waals surface area contributed by atoms with E-state index in [1.54, 1.807) is 7.11 Å². The van der Waals surface area contributed by atoms with Crippen LogP contribution in [0.2, 0.25) is 0 Å². The minimum absolute atomic E-state index is 0.0843. The van der Waals surface area contributed by atoms with Crippen molar-refractivity contribution in [3.05, 3.63) is 41.2 Å². The maximum atomic E-state index is 6.82. The molecule has 5 fully saturated rings. The van der Waals surface area contributed by atoms with Gasteiger partial charge in [0.1, 0.15) is 19.3 Å². The van der Waals surface area contributed by atoms with Gasteiger partial charge in [0.15, 0.2) is 11.4 Å². The summed E-state index contributed by atoms with van der Waals surface area (Å²) in [5.74, 6) is 3.93. The smallest absolute Gasteiger partial charge is 0.176 e. The Labute approximate surface area is 272 Å². The quantitative estimate of drug-likeness (QED) is 0.329. The van der Waals surface area contributed by atoms with Gasteiger partial charge in [-0.15, -0.1) is 9.36 Å². The molecule has 2 aromatic rings. The van der Waals surface area contributed by atoms with Gasteiger partial charge in [-0.3, -0.25) is 0 Å². The van der Waals surface area contributed by atoms with Crippen LogP contribution in [0.15, 0.2) is 24.3 Å². The van der Waals surface area contributed by atoms with Crippen LogP contribution in [0.3, 0.4) is 0 Å². The van der Waals surface area contributed by atoms with Crippen LogP contribution < -0.4 is 9.42 Å². The van der Waals surface area contributed by atoms with Crippen LogP contribution in [0.4, 0.5) is 0 Å². The maximum Gasteiger partial charge on any atom is 0.176 e. The highest BCUT2D eigenvalue weighted by molar-refractivity contribution is 5.31. The van der Waals surface area contributed by atoms with Gasteiger partial charge in [-0.1, -0.05) is 60.6 Å². The third kappa shape index (κ3) is 3.88. The van der Waals surface area contributed by atoms with E-state index in [0.717, 1.165) is 43.1 Å². The molecule has 5 aliphatic carbocycles. The minimum Gasteiger partial charge on any atom is -0.497 e. The normalized spacial score (nSPS) is 43.8. The summed E-state index contributed by atoms with van der Waals surface area (Å²) in [6.07, 6.45) is 13.6. The summed E-state index contributed by atoms with van der Waals surface area (Å²) >= 11 is 0. The summed E-state index contributed by atoms with van der Waals surface area (Å²) in [6.45, 7) is 20.4. The van der Waals surface area contributed by atoms with Crippen molar-refractivity contribution >= 4 is 0 Å². The molecule has 8 rings (SSSR count). The zero-order chi connectivity index (χ0) is 31.8. The molecular formula is C40H60N3O2+. The second-order valence-corrected chi connectivity index (χ2v) is 18.8. The molecule has 45 heavy (non-hydrogen) atoms. The molecule has 0 spiro atoms. The molecule has 1 aromatic carbocycles. The summed E-state index contributed by atoms with van der Waals surface area (Å²) in [4.78, 5) is 0. The van der Waals surface area contributed by atoms with Crippen molar-refractivity contribution in [2.45, 2.75) is 131 Å². The molecule has 6 aliphatic rings. The second-order valence-electron chi connectivity index (χ2n) is 18.8. The fourth-order valence-electron chi connectivity index (χ4n) is 14.0. The third-order valence-electron chi connectivity index (χ3n) is 16.3. The van der Waals surface area contributed by atoms with Gasteiger partial charge in [0.2, 0.25) is 0 Å². The zero-order valence-corrected chi connectivity index (χ0v) is 29.8. The molecule has 1 aliphatic heterocycles. The molecule has 0 unspecified atom stereocenters. The fraction of sp³-hybridized carbons (Fsp3) is 0.800. The summed E-state index contributed by atoms with van der Waals surface area (Å²) in [5, 5.41) is 5.20. The molecule has 0 radical (unpaired) electrons. The van der Waals surface area contributed by atoms with Crippen LogP contribution in [0.5, 0.6) is 5.75 Å². The Morgan fingerprint density at radius 2 is 1.71 bits per heavy atom. The van der Waals surface area contributed by atoms with E-state index in [1.165, 1.54) is 74.7 Å². The first-order valence-corrected chi connectivity index (χ1v) is 18.4. The largest absolute Gasteiger partial charge is 0.497 e. The van der Waals surface area contributed by atoms with Gasteiger partial charge in [0, 0.05) is 18.3 Å². The molecule has 0 amide bonds. The van der Waals surface area contributed by atoms with E-state index < -0.39 is 0 Å². The van der Waals surface area contributed by atoms with E-state index in [2.05, 4.69) is 83.1 Å². The molecule has 246 valence electrons. The first-order valence-electron chi connectivity index (χ1n) is 18.4. The van der Waals surface area contributed by atoms with Crippen LogP contribution >= 0.6 is 0 Å². The van der Waals surface area contributed by atoms with Gasteiger partial charge in [0.05, 0.1) is 25.0 Å². The SMILES string of the molecule is COc1cccc(CC[n+]2nn(C)c3c2C(C)(C)[C@@H]2CC[C@]4(C)[C@H](CC[C@@H]5[C@H]6[C@H]7OC[C@@]6(CCC7(C)C)CC[C@]54C)[C@@]2(C)C3)c1. The Bertz CT molecular complexity index is 1510. The molecule has 9 atom stereocenters. The molecule has 4 saturated carbocycles. The van der Waals surface area contributed by atoms with Gasteiger partial charge in [-0.2, -0.15) is 0 Å². The van der Waals surface area contributed by atoms with E-state index in [4.69, 9.17) is 14.7 Å². The number of nitrogens with zero attached hydrogens (tertiary/aromatic N) is 3. The number of hydrogen-bond donors (Lipinski definition) is 0. The topological polar surface area (TPSA) is 40.2 Å². The van der Waals surface area contributed by atoms with Crippen LogP contribution in [-0.2, 0) is 36.6 Å². The number of hydrogen-bond acceptors (Lipinski definition) is 3. The number of benzene rings is 1. The van der Waals surface area contributed by atoms with Gasteiger partial charge in [0.25, 0.3) is 0 Å². The lowest BCUT2D eigenvalue weighted by Crippen LogP contribution is -2.68. The second kappa shape index (κ2) is 9.60. The monoisotopic (exact) mass is 614 g/mol. The van der Waals surface area contributed by atoms with Crippen LogP contribution in [0, 0.1) is 50.7 Å². The molecule has 2 heterocycles. The number of methoxy groups -OCH3 is 1. The minimum atomic E-state index is 0.0843. The summed E-state index contributed by atoms with van der Waals surface area (Å²) in [6, 6.07) is 8.54. The van der Waals surface area contributed by atoms with Crippen molar-refractivity contribution in [3.63, 3.8) is 0 Å². The maximum absolute atomic E-state index is 6.82. The van der Waals surface area contributed by atoms with E-state index in [0.29, 0.717) is 33.7 Å². The van der Waals surface area contributed by atoms with E-state index >= 15 is 0 Å². The van der Waals surface area contributed by atoms with Crippen LogP contribution in [0.1, 0.15) is 117 Å². The zero-order valence-electron chi connectivity index (χ0n) is 29.8. The average molecular weight is 615 g/mol. The Morgan fingerprint density at radius 1 is 0.933 bits per heavy atom. The third-order valence-corrected chi connectivity index (χ3v) is 16.3. The standard InChI is InChI=1S/C40H60N3O2/c1-35(2)18-20-40-21-19-38(6)28(32(40)34(35)45-25-40)13-14-31-37(5)24-29-33(36(3,4)30(37)15-17-39(31,38)7)43(41-42(29)8)22-16-26-11-10-12-27(23-26)44-9/h10-12,23,28,30-32,34H,13-22,24-25H2,1-9H3/q+1/t28-,30+,31-,32+,34-,37+,38-,39-,40-/m1/s1. The van der Waals surface area contributed by atoms with E-state index in [1.807, 2.05) is 6.07 Å². The predicted octanol–water partition coefficient (Wildman–Crippen LogP) is 7.86. The van der Waals surface area contributed by atoms with Crippen LogP contribution in [0.25, 0.3) is 0 Å². The van der Waals surface area contributed by atoms with E-state index in [-0.39, 0.29) is 10.8 Å².